The minimum atomic E-state index is -0.581. The molecule has 1 amide bonds. The number of carbonyl (C=O) groups is 1. The van der Waals surface area contributed by atoms with Crippen molar-refractivity contribution in [1.82, 2.24) is 14.9 Å². The number of fused-ring (bicyclic) bond motifs is 1. The number of H-pyrrole nitrogens is 1. The molecule has 0 spiro atoms. The van der Waals surface area contributed by atoms with Gasteiger partial charge in [0.2, 0.25) is 5.91 Å². The molecule has 0 bridgehead atoms. The molecular formula is C15H17N3O4. The van der Waals surface area contributed by atoms with Crippen molar-refractivity contribution >= 4 is 16.8 Å². The number of nitrogens with one attached hydrogen (secondary N) is 2. The van der Waals surface area contributed by atoms with Crippen molar-refractivity contribution in [1.29, 1.82) is 0 Å². The smallest absolute Gasteiger partial charge is 0.329 e. The molecular weight excluding hydrogens is 286 g/mol. The SMILES string of the molecule is O=C(Cn1c(=O)[nH]c(=O)c2ccccc21)NC[C@H]1CCOC1. The van der Waals surface area contributed by atoms with Gasteiger partial charge in [0.1, 0.15) is 6.54 Å². The van der Waals surface area contributed by atoms with Gasteiger partial charge >= 0.3 is 5.69 Å². The highest BCUT2D eigenvalue weighted by Gasteiger charge is 2.17. The second kappa shape index (κ2) is 6.15. The zero-order valence-corrected chi connectivity index (χ0v) is 12.0. The summed E-state index contributed by atoms with van der Waals surface area (Å²) >= 11 is 0. The maximum absolute atomic E-state index is 12.0. The van der Waals surface area contributed by atoms with E-state index in [1.807, 2.05) is 0 Å². The lowest BCUT2D eigenvalue weighted by molar-refractivity contribution is -0.121. The summed E-state index contributed by atoms with van der Waals surface area (Å²) < 4.78 is 6.53. The topological polar surface area (TPSA) is 93.2 Å². The molecule has 2 N–H and O–H groups in total. The zero-order valence-electron chi connectivity index (χ0n) is 12.0. The van der Waals surface area contributed by atoms with Crippen LogP contribution in [0.25, 0.3) is 10.9 Å². The first kappa shape index (κ1) is 14.5. The Bertz CT molecular complexity index is 802. The van der Waals surface area contributed by atoms with Crippen molar-refractivity contribution in [2.45, 2.75) is 13.0 Å². The number of ether oxygens (including phenoxy) is 1. The third kappa shape index (κ3) is 2.94. The van der Waals surface area contributed by atoms with Crippen molar-refractivity contribution in [3.8, 4) is 0 Å². The molecule has 2 heterocycles. The molecule has 1 atom stereocenters. The van der Waals surface area contributed by atoms with Gasteiger partial charge in [-0.25, -0.2) is 4.79 Å². The molecule has 2 aromatic rings. The molecule has 22 heavy (non-hydrogen) atoms. The van der Waals surface area contributed by atoms with Gasteiger partial charge in [0.15, 0.2) is 0 Å². The van der Waals surface area contributed by atoms with E-state index in [1.165, 1.54) is 4.57 Å². The van der Waals surface area contributed by atoms with Crippen LogP contribution in [0, 0.1) is 5.92 Å². The van der Waals surface area contributed by atoms with Crippen molar-refractivity contribution in [3.63, 3.8) is 0 Å². The molecule has 7 heteroatoms. The Morgan fingerprint density at radius 3 is 2.95 bits per heavy atom. The van der Waals surface area contributed by atoms with Gasteiger partial charge in [-0.3, -0.25) is 19.1 Å². The lowest BCUT2D eigenvalue weighted by atomic mass is 10.1. The first-order valence-electron chi connectivity index (χ1n) is 7.21. The fraction of sp³-hybridized carbons (Fsp3) is 0.400. The number of rotatable bonds is 4. The summed E-state index contributed by atoms with van der Waals surface area (Å²) in [6.07, 6.45) is 0.932. The predicted molar refractivity (Wildman–Crippen MR) is 80.8 cm³/mol. The van der Waals surface area contributed by atoms with Crippen LogP contribution >= 0.6 is 0 Å². The Hall–Kier alpha value is -2.41. The van der Waals surface area contributed by atoms with E-state index in [-0.39, 0.29) is 12.5 Å². The molecule has 1 aliphatic heterocycles. The predicted octanol–water partition coefficient (Wildman–Crippen LogP) is -0.158. The van der Waals surface area contributed by atoms with E-state index < -0.39 is 11.2 Å². The average molecular weight is 303 g/mol. The summed E-state index contributed by atoms with van der Waals surface area (Å²) in [4.78, 5) is 38.0. The number of aromatic nitrogens is 2. The number of hydrogen-bond donors (Lipinski definition) is 2. The van der Waals surface area contributed by atoms with E-state index in [0.29, 0.717) is 30.0 Å². The number of benzene rings is 1. The highest BCUT2D eigenvalue weighted by molar-refractivity contribution is 5.81. The molecule has 3 rings (SSSR count). The van der Waals surface area contributed by atoms with Crippen LogP contribution in [-0.4, -0.2) is 35.2 Å². The van der Waals surface area contributed by atoms with E-state index in [4.69, 9.17) is 4.74 Å². The summed E-state index contributed by atoms with van der Waals surface area (Å²) in [5.74, 6) is 0.0687. The van der Waals surface area contributed by atoms with Gasteiger partial charge in [-0.15, -0.1) is 0 Å². The third-order valence-corrected chi connectivity index (χ3v) is 3.82. The van der Waals surface area contributed by atoms with Gasteiger partial charge in [-0.05, 0) is 18.6 Å². The molecule has 7 nitrogen and oxygen atoms in total. The van der Waals surface area contributed by atoms with Crippen molar-refractivity contribution in [3.05, 3.63) is 45.1 Å². The molecule has 1 fully saturated rings. The van der Waals surface area contributed by atoms with E-state index in [0.717, 1.165) is 13.0 Å². The minimum Gasteiger partial charge on any atom is -0.381 e. The van der Waals surface area contributed by atoms with Crippen LogP contribution in [0.4, 0.5) is 0 Å². The Morgan fingerprint density at radius 1 is 1.36 bits per heavy atom. The first-order chi connectivity index (χ1) is 10.6. The van der Waals surface area contributed by atoms with Crippen LogP contribution in [-0.2, 0) is 16.1 Å². The van der Waals surface area contributed by atoms with Crippen molar-refractivity contribution < 1.29 is 9.53 Å². The van der Waals surface area contributed by atoms with Gasteiger partial charge in [-0.2, -0.15) is 0 Å². The van der Waals surface area contributed by atoms with Crippen molar-refractivity contribution in [2.75, 3.05) is 19.8 Å². The molecule has 0 unspecified atom stereocenters. The van der Waals surface area contributed by atoms with Crippen molar-refractivity contribution in [2.24, 2.45) is 5.92 Å². The summed E-state index contributed by atoms with van der Waals surface area (Å²) in [6, 6.07) is 6.72. The normalized spacial score (nSPS) is 17.7. The van der Waals surface area contributed by atoms with Gasteiger partial charge in [0.05, 0.1) is 17.5 Å². The molecule has 1 aromatic heterocycles. The van der Waals surface area contributed by atoms with Gasteiger partial charge in [0, 0.05) is 19.1 Å². The van der Waals surface area contributed by atoms with E-state index in [1.54, 1.807) is 24.3 Å². The van der Waals surface area contributed by atoms with Gasteiger partial charge < -0.3 is 10.1 Å². The number of carbonyl (C=O) groups excluding carboxylic acids is 1. The Labute approximate surface area is 125 Å². The highest BCUT2D eigenvalue weighted by Crippen LogP contribution is 2.10. The minimum absolute atomic E-state index is 0.121. The maximum atomic E-state index is 12.0. The summed E-state index contributed by atoms with van der Waals surface area (Å²) in [6.45, 7) is 1.80. The summed E-state index contributed by atoms with van der Waals surface area (Å²) in [5.41, 5.74) is -0.570. The largest absolute Gasteiger partial charge is 0.381 e. The standard InChI is InChI=1S/C15H17N3O4/c19-13(16-7-10-5-6-22-9-10)8-18-12-4-2-1-3-11(12)14(20)17-15(18)21/h1-4,10H,5-9H2,(H,16,19)(H,17,20,21)/t10-/m1/s1. The van der Waals surface area contributed by atoms with Crippen LogP contribution in [0.2, 0.25) is 0 Å². The van der Waals surface area contributed by atoms with Crippen LogP contribution in [0.15, 0.2) is 33.9 Å². The third-order valence-electron chi connectivity index (χ3n) is 3.82. The molecule has 1 aliphatic rings. The molecule has 0 saturated carbocycles. The average Bonchev–Trinajstić information content (AvgIpc) is 3.03. The molecule has 116 valence electrons. The lowest BCUT2D eigenvalue weighted by Crippen LogP contribution is -2.38. The fourth-order valence-electron chi connectivity index (χ4n) is 2.60. The maximum Gasteiger partial charge on any atom is 0.329 e. The Morgan fingerprint density at radius 2 is 2.18 bits per heavy atom. The zero-order chi connectivity index (χ0) is 15.5. The molecule has 1 saturated heterocycles. The van der Waals surface area contributed by atoms with Gasteiger partial charge in [-0.1, -0.05) is 12.1 Å². The monoisotopic (exact) mass is 303 g/mol. The van der Waals surface area contributed by atoms with E-state index >= 15 is 0 Å². The fourth-order valence-corrected chi connectivity index (χ4v) is 2.60. The van der Waals surface area contributed by atoms with E-state index in [2.05, 4.69) is 10.3 Å². The number of hydrogen-bond acceptors (Lipinski definition) is 4. The molecule has 1 aromatic carbocycles. The Kier molecular flexibility index (Phi) is 4.06. The Balaban J connectivity index is 1.79. The lowest BCUT2D eigenvalue weighted by Gasteiger charge is -2.12. The van der Waals surface area contributed by atoms with Crippen LogP contribution < -0.4 is 16.6 Å². The second-order valence-electron chi connectivity index (χ2n) is 5.40. The quantitative estimate of drug-likeness (QED) is 0.821. The number of aromatic amines is 1. The van der Waals surface area contributed by atoms with E-state index in [9.17, 15) is 14.4 Å². The molecule has 0 radical (unpaired) electrons. The van der Waals surface area contributed by atoms with Crippen LogP contribution in [0.5, 0.6) is 0 Å². The van der Waals surface area contributed by atoms with Gasteiger partial charge in [0.25, 0.3) is 5.56 Å². The summed E-state index contributed by atoms with van der Waals surface area (Å²) in [7, 11) is 0. The number of para-hydroxylation sites is 1. The molecule has 0 aliphatic carbocycles. The highest BCUT2D eigenvalue weighted by atomic mass is 16.5. The van der Waals surface area contributed by atoms with Crippen LogP contribution in [0.3, 0.4) is 0 Å². The first-order valence-corrected chi connectivity index (χ1v) is 7.21. The number of amides is 1. The summed E-state index contributed by atoms with van der Waals surface area (Å²) in [5, 5.41) is 3.20. The second-order valence-corrected chi connectivity index (χ2v) is 5.40. The number of nitrogens with zero attached hydrogens (tertiary/aromatic N) is 1. The van der Waals surface area contributed by atoms with Crippen LogP contribution in [0.1, 0.15) is 6.42 Å².